The SMILES string of the molecule is NC(=O)COCCNC(=O)NC1(C(=O)O)CC1. The van der Waals surface area contributed by atoms with Crippen molar-refractivity contribution >= 4 is 17.9 Å². The first kappa shape index (κ1) is 13.2. The van der Waals surface area contributed by atoms with E-state index in [1.165, 1.54) is 0 Å². The van der Waals surface area contributed by atoms with Crippen LogP contribution in [0.1, 0.15) is 12.8 Å². The van der Waals surface area contributed by atoms with Crippen LogP contribution in [0.2, 0.25) is 0 Å². The third kappa shape index (κ3) is 4.27. The number of amides is 3. The Morgan fingerprint density at radius 3 is 2.47 bits per heavy atom. The summed E-state index contributed by atoms with van der Waals surface area (Å²) in [6.45, 7) is 0.105. The number of ether oxygens (including phenoxy) is 1. The highest BCUT2D eigenvalue weighted by atomic mass is 16.5. The van der Waals surface area contributed by atoms with Crippen LogP contribution < -0.4 is 16.4 Å². The molecule has 0 aromatic carbocycles. The summed E-state index contributed by atoms with van der Waals surface area (Å²) >= 11 is 0. The minimum absolute atomic E-state index is 0.135. The minimum Gasteiger partial charge on any atom is -0.480 e. The van der Waals surface area contributed by atoms with Gasteiger partial charge >= 0.3 is 12.0 Å². The fourth-order valence-electron chi connectivity index (χ4n) is 1.19. The molecule has 5 N–H and O–H groups in total. The van der Waals surface area contributed by atoms with Crippen molar-refractivity contribution < 1.29 is 24.2 Å². The van der Waals surface area contributed by atoms with Crippen LogP contribution in [-0.4, -0.2) is 48.3 Å². The summed E-state index contributed by atoms with van der Waals surface area (Å²) in [5, 5.41) is 13.6. The van der Waals surface area contributed by atoms with Gasteiger partial charge in [0, 0.05) is 6.54 Å². The molecule has 0 heterocycles. The minimum atomic E-state index is -1.10. The summed E-state index contributed by atoms with van der Waals surface area (Å²) in [6, 6.07) is -0.562. The maximum absolute atomic E-state index is 11.3. The molecule has 0 aliphatic heterocycles. The van der Waals surface area contributed by atoms with Crippen molar-refractivity contribution in [2.24, 2.45) is 5.73 Å². The highest BCUT2D eigenvalue weighted by Gasteiger charge is 2.51. The number of nitrogens with one attached hydrogen (secondary N) is 2. The predicted octanol–water partition coefficient (Wildman–Crippen LogP) is -1.60. The molecular weight excluding hydrogens is 230 g/mol. The molecule has 0 unspecified atom stereocenters. The summed E-state index contributed by atoms with van der Waals surface area (Å²) in [5.41, 5.74) is 3.73. The summed E-state index contributed by atoms with van der Waals surface area (Å²) in [6.07, 6.45) is 0.877. The maximum Gasteiger partial charge on any atom is 0.329 e. The van der Waals surface area contributed by atoms with Gasteiger partial charge in [0.25, 0.3) is 0 Å². The van der Waals surface area contributed by atoms with Gasteiger partial charge in [-0.25, -0.2) is 9.59 Å². The number of primary amides is 1. The van der Waals surface area contributed by atoms with E-state index in [1.54, 1.807) is 0 Å². The quantitative estimate of drug-likeness (QED) is 0.401. The molecule has 0 aromatic heterocycles. The van der Waals surface area contributed by atoms with Gasteiger partial charge in [-0.15, -0.1) is 0 Å². The van der Waals surface area contributed by atoms with E-state index in [-0.39, 0.29) is 19.8 Å². The third-order valence-electron chi connectivity index (χ3n) is 2.29. The molecule has 1 rings (SSSR count). The second kappa shape index (κ2) is 5.48. The first-order chi connectivity index (χ1) is 7.96. The number of carboxylic acids is 1. The lowest BCUT2D eigenvalue weighted by Gasteiger charge is -2.13. The van der Waals surface area contributed by atoms with Gasteiger partial charge < -0.3 is 26.2 Å². The molecular formula is C9H15N3O5. The van der Waals surface area contributed by atoms with Crippen LogP contribution in [0.15, 0.2) is 0 Å². The molecule has 0 aromatic rings. The lowest BCUT2D eigenvalue weighted by Crippen LogP contribution is -2.48. The van der Waals surface area contributed by atoms with E-state index in [0.717, 1.165) is 0 Å². The van der Waals surface area contributed by atoms with Crippen molar-refractivity contribution in [2.75, 3.05) is 19.8 Å². The van der Waals surface area contributed by atoms with Gasteiger partial charge in [0.2, 0.25) is 5.91 Å². The van der Waals surface area contributed by atoms with E-state index in [9.17, 15) is 14.4 Å². The normalized spacial score (nSPS) is 16.0. The van der Waals surface area contributed by atoms with Gasteiger partial charge in [0.05, 0.1) is 6.61 Å². The first-order valence-corrected chi connectivity index (χ1v) is 5.12. The molecule has 17 heavy (non-hydrogen) atoms. The predicted molar refractivity (Wildman–Crippen MR) is 56.1 cm³/mol. The van der Waals surface area contributed by atoms with Gasteiger partial charge in [0.1, 0.15) is 12.1 Å². The molecule has 1 aliphatic carbocycles. The fraction of sp³-hybridized carbons (Fsp3) is 0.667. The zero-order chi connectivity index (χ0) is 12.9. The molecule has 3 amide bonds. The van der Waals surface area contributed by atoms with Crippen molar-refractivity contribution in [3.8, 4) is 0 Å². The Kier molecular flexibility index (Phi) is 4.27. The van der Waals surface area contributed by atoms with Crippen LogP contribution in [0.5, 0.6) is 0 Å². The molecule has 0 saturated heterocycles. The number of aliphatic carboxylic acids is 1. The van der Waals surface area contributed by atoms with E-state index < -0.39 is 23.4 Å². The Hall–Kier alpha value is -1.83. The lowest BCUT2D eigenvalue weighted by atomic mass is 10.3. The van der Waals surface area contributed by atoms with Crippen LogP contribution in [0, 0.1) is 0 Å². The number of hydrogen-bond acceptors (Lipinski definition) is 4. The maximum atomic E-state index is 11.3. The largest absolute Gasteiger partial charge is 0.480 e. The lowest BCUT2D eigenvalue weighted by molar-refractivity contribution is -0.140. The van der Waals surface area contributed by atoms with Gasteiger partial charge in [0.15, 0.2) is 0 Å². The van der Waals surface area contributed by atoms with Crippen molar-refractivity contribution in [2.45, 2.75) is 18.4 Å². The summed E-state index contributed by atoms with van der Waals surface area (Å²) in [4.78, 5) is 32.3. The number of nitrogens with two attached hydrogens (primary N) is 1. The van der Waals surface area contributed by atoms with E-state index in [0.29, 0.717) is 12.8 Å². The number of carbonyl (C=O) groups excluding carboxylic acids is 2. The second-order valence-corrected chi connectivity index (χ2v) is 3.79. The highest BCUT2D eigenvalue weighted by molar-refractivity contribution is 5.88. The van der Waals surface area contributed by atoms with E-state index in [4.69, 9.17) is 15.6 Å². The van der Waals surface area contributed by atoms with Crippen molar-refractivity contribution in [1.82, 2.24) is 10.6 Å². The van der Waals surface area contributed by atoms with E-state index in [2.05, 4.69) is 10.6 Å². The van der Waals surface area contributed by atoms with Crippen molar-refractivity contribution in [3.63, 3.8) is 0 Å². The number of carbonyl (C=O) groups is 3. The summed E-state index contributed by atoms with van der Waals surface area (Å²) < 4.78 is 4.81. The smallest absolute Gasteiger partial charge is 0.329 e. The summed E-state index contributed by atoms with van der Waals surface area (Å²) in [5.74, 6) is -1.62. The molecule has 0 spiro atoms. The van der Waals surface area contributed by atoms with Gasteiger partial charge in [-0.05, 0) is 12.8 Å². The molecule has 0 radical (unpaired) electrons. The molecule has 8 heteroatoms. The zero-order valence-electron chi connectivity index (χ0n) is 9.19. The average Bonchev–Trinajstić information content (AvgIpc) is 2.97. The molecule has 1 saturated carbocycles. The Labute approximate surface area is 97.5 Å². The van der Waals surface area contributed by atoms with E-state index >= 15 is 0 Å². The van der Waals surface area contributed by atoms with Crippen LogP contribution in [0.25, 0.3) is 0 Å². The van der Waals surface area contributed by atoms with Gasteiger partial charge in [-0.2, -0.15) is 0 Å². The first-order valence-electron chi connectivity index (χ1n) is 5.12. The van der Waals surface area contributed by atoms with E-state index in [1.807, 2.05) is 0 Å². The molecule has 0 bridgehead atoms. The average molecular weight is 245 g/mol. The van der Waals surface area contributed by atoms with Gasteiger partial charge in [-0.3, -0.25) is 4.79 Å². The topological polar surface area (TPSA) is 131 Å². The molecule has 96 valence electrons. The Morgan fingerprint density at radius 2 is 2.00 bits per heavy atom. The van der Waals surface area contributed by atoms with Crippen molar-refractivity contribution in [3.05, 3.63) is 0 Å². The molecule has 1 fully saturated rings. The zero-order valence-corrected chi connectivity index (χ0v) is 9.19. The third-order valence-corrected chi connectivity index (χ3v) is 2.29. The standard InChI is InChI=1S/C9H15N3O5/c10-6(13)5-17-4-3-11-8(16)12-9(1-2-9)7(14)15/h1-5H2,(H2,10,13)(H,14,15)(H2,11,12,16). The number of rotatable bonds is 7. The second-order valence-electron chi connectivity index (χ2n) is 3.79. The summed E-state index contributed by atoms with van der Waals surface area (Å²) in [7, 11) is 0. The number of hydrogen-bond donors (Lipinski definition) is 4. The molecule has 8 nitrogen and oxygen atoms in total. The molecule has 0 atom stereocenters. The Balaban J connectivity index is 2.10. The Bertz CT molecular complexity index is 327. The monoisotopic (exact) mass is 245 g/mol. The van der Waals surface area contributed by atoms with Crippen LogP contribution in [0.3, 0.4) is 0 Å². The van der Waals surface area contributed by atoms with Gasteiger partial charge in [-0.1, -0.05) is 0 Å². The molecule has 1 aliphatic rings. The highest BCUT2D eigenvalue weighted by Crippen LogP contribution is 2.35. The number of urea groups is 1. The van der Waals surface area contributed by atoms with Crippen LogP contribution >= 0.6 is 0 Å². The fourth-order valence-corrected chi connectivity index (χ4v) is 1.19. The van der Waals surface area contributed by atoms with Crippen LogP contribution in [0.4, 0.5) is 4.79 Å². The van der Waals surface area contributed by atoms with Crippen LogP contribution in [-0.2, 0) is 14.3 Å². The number of carboxylic acid groups (broad SMARTS) is 1. The Morgan fingerprint density at radius 1 is 1.35 bits per heavy atom. The van der Waals surface area contributed by atoms with Crippen molar-refractivity contribution in [1.29, 1.82) is 0 Å².